The number of anilines is 1. The molecule has 11 heteroatoms. The SMILES string of the molecule is O=C(Nc1ccc(Cl)c(C(F)(F)F)c1)C1CCN(S(=O)(=O)c2cccc3cccnc23)CC1. The number of aromatic nitrogens is 1. The highest BCUT2D eigenvalue weighted by Gasteiger charge is 2.35. The lowest BCUT2D eigenvalue weighted by Gasteiger charge is -2.30. The van der Waals surface area contributed by atoms with Crippen LogP contribution in [-0.4, -0.2) is 36.7 Å². The van der Waals surface area contributed by atoms with E-state index in [0.717, 1.165) is 12.1 Å². The monoisotopic (exact) mass is 497 g/mol. The van der Waals surface area contributed by atoms with Crippen LogP contribution in [0.25, 0.3) is 10.9 Å². The molecule has 1 amide bonds. The number of fused-ring (bicyclic) bond motifs is 1. The molecule has 2 aromatic carbocycles. The molecule has 6 nitrogen and oxygen atoms in total. The van der Waals surface area contributed by atoms with Crippen molar-refractivity contribution in [1.29, 1.82) is 0 Å². The Labute approximate surface area is 193 Å². The Bertz CT molecular complexity index is 1300. The standard InChI is InChI=1S/C22H19ClF3N3O3S/c23-18-7-6-16(13-17(18)22(24,25)26)28-21(30)15-8-11-29(12-9-15)33(31,32)19-5-1-3-14-4-2-10-27-20(14)19/h1-7,10,13,15H,8-9,11-12H2,(H,28,30). The predicted molar refractivity (Wildman–Crippen MR) is 118 cm³/mol. The minimum Gasteiger partial charge on any atom is -0.326 e. The van der Waals surface area contributed by atoms with Gasteiger partial charge in [-0.3, -0.25) is 9.78 Å². The van der Waals surface area contributed by atoms with Gasteiger partial charge in [0, 0.05) is 36.3 Å². The number of nitrogens with one attached hydrogen (secondary N) is 1. The Morgan fingerprint density at radius 1 is 1.09 bits per heavy atom. The zero-order valence-corrected chi connectivity index (χ0v) is 18.7. The van der Waals surface area contributed by atoms with Crippen molar-refractivity contribution in [2.45, 2.75) is 23.9 Å². The van der Waals surface area contributed by atoms with Crippen molar-refractivity contribution < 1.29 is 26.4 Å². The average molecular weight is 498 g/mol. The summed E-state index contributed by atoms with van der Waals surface area (Å²) < 4.78 is 66.9. The fourth-order valence-corrected chi connectivity index (χ4v) is 5.71. The van der Waals surface area contributed by atoms with Crippen molar-refractivity contribution in [3.63, 3.8) is 0 Å². The van der Waals surface area contributed by atoms with Gasteiger partial charge in [-0.05, 0) is 43.2 Å². The molecule has 4 rings (SSSR count). The predicted octanol–water partition coefficient (Wildman–Crippen LogP) is 4.95. The summed E-state index contributed by atoms with van der Waals surface area (Å²) in [5, 5.41) is 2.73. The number of amides is 1. The highest BCUT2D eigenvalue weighted by molar-refractivity contribution is 7.89. The largest absolute Gasteiger partial charge is 0.417 e. The molecule has 0 unspecified atom stereocenters. The molecule has 1 fully saturated rings. The first-order valence-electron chi connectivity index (χ1n) is 10.1. The van der Waals surface area contributed by atoms with Gasteiger partial charge in [0.15, 0.2) is 0 Å². The topological polar surface area (TPSA) is 79.4 Å². The van der Waals surface area contributed by atoms with Crippen LogP contribution in [0.5, 0.6) is 0 Å². The maximum absolute atomic E-state index is 13.2. The number of hydrogen-bond donors (Lipinski definition) is 1. The minimum absolute atomic E-state index is 0.0198. The van der Waals surface area contributed by atoms with Crippen molar-refractivity contribution in [3.05, 3.63) is 65.3 Å². The number of alkyl halides is 3. The van der Waals surface area contributed by atoms with E-state index in [-0.39, 0.29) is 36.5 Å². The lowest BCUT2D eigenvalue weighted by Crippen LogP contribution is -2.41. The van der Waals surface area contributed by atoms with Gasteiger partial charge in [-0.1, -0.05) is 29.8 Å². The molecular weight excluding hydrogens is 479 g/mol. The van der Waals surface area contributed by atoms with E-state index in [2.05, 4.69) is 10.3 Å². The summed E-state index contributed by atoms with van der Waals surface area (Å²) in [6, 6.07) is 11.6. The first-order chi connectivity index (χ1) is 15.6. The summed E-state index contributed by atoms with van der Waals surface area (Å²) in [5.74, 6) is -0.999. The Morgan fingerprint density at radius 2 is 1.79 bits per heavy atom. The molecule has 3 aromatic rings. The second-order valence-electron chi connectivity index (χ2n) is 7.69. The van der Waals surface area contributed by atoms with E-state index in [1.165, 1.54) is 22.6 Å². The number of carbonyl (C=O) groups is 1. The first-order valence-corrected chi connectivity index (χ1v) is 11.9. The fraction of sp³-hybridized carbons (Fsp3) is 0.273. The molecule has 0 atom stereocenters. The maximum Gasteiger partial charge on any atom is 0.417 e. The second kappa shape index (κ2) is 8.92. The third kappa shape index (κ3) is 4.83. The summed E-state index contributed by atoms with van der Waals surface area (Å²) >= 11 is 5.61. The summed E-state index contributed by atoms with van der Waals surface area (Å²) in [6.07, 6.45) is -2.64. The lowest BCUT2D eigenvalue weighted by molar-refractivity contribution is -0.137. The van der Waals surface area contributed by atoms with Crippen LogP contribution in [0.1, 0.15) is 18.4 Å². The molecule has 33 heavy (non-hydrogen) atoms. The smallest absolute Gasteiger partial charge is 0.326 e. The van der Waals surface area contributed by atoms with Crippen molar-refractivity contribution in [3.8, 4) is 0 Å². The molecule has 0 radical (unpaired) electrons. The quantitative estimate of drug-likeness (QED) is 0.553. The summed E-state index contributed by atoms with van der Waals surface area (Å²) in [5.41, 5.74) is -0.678. The van der Waals surface area contributed by atoms with Crippen molar-refractivity contribution in [2.24, 2.45) is 5.92 Å². The van der Waals surface area contributed by atoms with Gasteiger partial charge in [0.2, 0.25) is 15.9 Å². The van der Waals surface area contributed by atoms with Gasteiger partial charge < -0.3 is 5.32 Å². The highest BCUT2D eigenvalue weighted by Crippen LogP contribution is 2.36. The van der Waals surface area contributed by atoms with Crippen molar-refractivity contribution >= 4 is 44.1 Å². The van der Waals surface area contributed by atoms with E-state index >= 15 is 0 Å². The summed E-state index contributed by atoms with van der Waals surface area (Å²) in [4.78, 5) is 16.9. The molecule has 0 aliphatic carbocycles. The number of rotatable bonds is 4. The van der Waals surface area contributed by atoms with E-state index in [1.54, 1.807) is 24.3 Å². The number of carbonyl (C=O) groups excluding carboxylic acids is 1. The van der Waals surface area contributed by atoms with Gasteiger partial charge in [0.25, 0.3) is 0 Å². The lowest BCUT2D eigenvalue weighted by atomic mass is 9.97. The highest BCUT2D eigenvalue weighted by atomic mass is 35.5. The minimum atomic E-state index is -4.64. The molecular formula is C22H19ClF3N3O3S. The molecule has 1 saturated heterocycles. The zero-order valence-electron chi connectivity index (χ0n) is 17.1. The summed E-state index contributed by atoms with van der Waals surface area (Å²) in [6.45, 7) is 0.218. The van der Waals surface area contributed by atoms with E-state index in [9.17, 15) is 26.4 Å². The van der Waals surface area contributed by atoms with E-state index in [1.807, 2.05) is 0 Å². The average Bonchev–Trinajstić information content (AvgIpc) is 2.79. The van der Waals surface area contributed by atoms with Crippen LogP contribution in [0.15, 0.2) is 59.6 Å². The number of benzene rings is 2. The van der Waals surface area contributed by atoms with E-state index in [4.69, 9.17) is 11.6 Å². The van der Waals surface area contributed by atoms with Crippen LogP contribution in [0.3, 0.4) is 0 Å². The molecule has 1 N–H and O–H groups in total. The molecule has 2 heterocycles. The first kappa shape index (κ1) is 23.5. The fourth-order valence-electron chi connectivity index (χ4n) is 3.85. The van der Waals surface area contributed by atoms with Crippen molar-refractivity contribution in [2.75, 3.05) is 18.4 Å². The Morgan fingerprint density at radius 3 is 2.48 bits per heavy atom. The Hall–Kier alpha value is -2.69. The number of pyridine rings is 1. The molecule has 1 aliphatic heterocycles. The maximum atomic E-state index is 13.2. The number of piperidine rings is 1. The summed E-state index contributed by atoms with van der Waals surface area (Å²) in [7, 11) is -3.82. The number of hydrogen-bond acceptors (Lipinski definition) is 4. The third-order valence-corrected chi connectivity index (χ3v) is 7.84. The van der Waals surface area contributed by atoms with Crippen LogP contribution < -0.4 is 5.32 Å². The van der Waals surface area contributed by atoms with E-state index < -0.39 is 38.6 Å². The Balaban J connectivity index is 1.45. The van der Waals surface area contributed by atoms with E-state index in [0.29, 0.717) is 10.9 Å². The van der Waals surface area contributed by atoms with Crippen molar-refractivity contribution in [1.82, 2.24) is 9.29 Å². The van der Waals surface area contributed by atoms with Gasteiger partial charge in [0.1, 0.15) is 4.90 Å². The number of para-hydroxylation sites is 1. The van der Waals surface area contributed by atoms with Gasteiger partial charge >= 0.3 is 6.18 Å². The van der Waals surface area contributed by atoms with Gasteiger partial charge in [-0.15, -0.1) is 0 Å². The molecule has 0 spiro atoms. The van der Waals surface area contributed by atoms with Crippen LogP contribution in [-0.2, 0) is 21.0 Å². The molecule has 1 aliphatic rings. The van der Waals surface area contributed by atoms with Crippen LogP contribution >= 0.6 is 11.6 Å². The third-order valence-electron chi connectivity index (χ3n) is 5.58. The molecule has 0 bridgehead atoms. The molecule has 174 valence electrons. The molecule has 0 saturated carbocycles. The normalized spacial score (nSPS) is 16.1. The second-order valence-corrected chi connectivity index (χ2v) is 10.0. The van der Waals surface area contributed by atoms with Gasteiger partial charge in [-0.25, -0.2) is 8.42 Å². The number of nitrogens with zero attached hydrogens (tertiary/aromatic N) is 2. The van der Waals surface area contributed by atoms with Crippen LogP contribution in [0, 0.1) is 5.92 Å². The Kier molecular flexibility index (Phi) is 6.35. The zero-order chi connectivity index (χ0) is 23.8. The number of sulfonamides is 1. The molecule has 1 aromatic heterocycles. The van der Waals surface area contributed by atoms with Gasteiger partial charge in [-0.2, -0.15) is 17.5 Å². The van der Waals surface area contributed by atoms with Crippen LogP contribution in [0.4, 0.5) is 18.9 Å². The van der Waals surface area contributed by atoms with Gasteiger partial charge in [0.05, 0.1) is 16.1 Å². The van der Waals surface area contributed by atoms with Crippen LogP contribution in [0.2, 0.25) is 5.02 Å². The number of halogens is 4.